The van der Waals surface area contributed by atoms with Gasteiger partial charge >= 0.3 is 12.1 Å². The highest BCUT2D eigenvalue weighted by Gasteiger charge is 2.36. The van der Waals surface area contributed by atoms with Crippen molar-refractivity contribution in [3.8, 4) is 11.1 Å². The fraction of sp³-hybridized carbons (Fsp3) is 0.375. The van der Waals surface area contributed by atoms with Crippen LogP contribution in [0.25, 0.3) is 11.1 Å². The van der Waals surface area contributed by atoms with Crippen molar-refractivity contribution in [1.29, 1.82) is 0 Å². The summed E-state index contributed by atoms with van der Waals surface area (Å²) in [5.41, 5.74) is 4.58. The molecule has 2 aromatic carbocycles. The van der Waals surface area contributed by atoms with Crippen molar-refractivity contribution in [3.05, 3.63) is 59.7 Å². The van der Waals surface area contributed by atoms with Gasteiger partial charge in [-0.15, -0.1) is 0 Å². The molecule has 0 radical (unpaired) electrons. The third-order valence-electron chi connectivity index (χ3n) is 6.05. The molecule has 2 amide bonds. The monoisotopic (exact) mass is 438 g/mol. The van der Waals surface area contributed by atoms with Crippen LogP contribution < -0.4 is 10.6 Å². The largest absolute Gasteiger partial charge is 0.480 e. The summed E-state index contributed by atoms with van der Waals surface area (Å²) >= 11 is 0. The number of fused-ring (bicyclic) bond motifs is 3. The van der Waals surface area contributed by atoms with Gasteiger partial charge in [-0.05, 0) is 35.6 Å². The van der Waals surface area contributed by atoms with Crippen molar-refractivity contribution in [2.45, 2.75) is 31.4 Å². The Hall–Kier alpha value is -3.39. The van der Waals surface area contributed by atoms with Gasteiger partial charge < -0.3 is 25.2 Å². The van der Waals surface area contributed by atoms with E-state index in [2.05, 4.69) is 34.9 Å². The summed E-state index contributed by atoms with van der Waals surface area (Å²) in [6, 6.07) is 15.2. The Balaban J connectivity index is 1.31. The minimum absolute atomic E-state index is 0.0287. The number of carboxylic acid groups (broad SMARTS) is 1. The van der Waals surface area contributed by atoms with E-state index in [9.17, 15) is 14.4 Å². The number of carbonyl (C=O) groups excluding carboxylic acids is 2. The lowest BCUT2D eigenvalue weighted by atomic mass is 9.98. The van der Waals surface area contributed by atoms with Crippen LogP contribution in [-0.4, -0.2) is 55.0 Å². The molecular formula is C24H26N2O6. The summed E-state index contributed by atoms with van der Waals surface area (Å²) in [6.45, 7) is 2.17. The topological polar surface area (TPSA) is 114 Å². The van der Waals surface area contributed by atoms with Crippen LogP contribution in [0.5, 0.6) is 0 Å². The van der Waals surface area contributed by atoms with Gasteiger partial charge in [-0.25, -0.2) is 4.79 Å². The molecule has 1 saturated heterocycles. The van der Waals surface area contributed by atoms with Gasteiger partial charge in [-0.1, -0.05) is 48.5 Å². The van der Waals surface area contributed by atoms with Crippen molar-refractivity contribution < 1.29 is 29.0 Å². The molecular weight excluding hydrogens is 412 g/mol. The van der Waals surface area contributed by atoms with Gasteiger partial charge in [0.05, 0.1) is 0 Å². The Bertz CT molecular complexity index is 978. The maximum absolute atomic E-state index is 12.4. The van der Waals surface area contributed by atoms with Gasteiger partial charge in [-0.2, -0.15) is 0 Å². The first-order valence-electron chi connectivity index (χ1n) is 10.7. The second-order valence-corrected chi connectivity index (χ2v) is 8.12. The molecule has 1 heterocycles. The van der Waals surface area contributed by atoms with Crippen LogP contribution >= 0.6 is 0 Å². The smallest absolute Gasteiger partial charge is 0.407 e. The van der Waals surface area contributed by atoms with E-state index in [1.54, 1.807) is 0 Å². The first kappa shape index (κ1) is 21.8. The average Bonchev–Trinajstić information content (AvgIpc) is 3.39. The highest BCUT2D eigenvalue weighted by molar-refractivity contribution is 5.86. The zero-order chi connectivity index (χ0) is 22.7. The highest BCUT2D eigenvalue weighted by atomic mass is 16.5. The van der Waals surface area contributed by atoms with Gasteiger partial charge in [-0.3, -0.25) is 9.59 Å². The van der Waals surface area contributed by atoms with E-state index in [1.807, 2.05) is 24.3 Å². The highest BCUT2D eigenvalue weighted by Crippen LogP contribution is 2.44. The molecule has 2 aliphatic rings. The third-order valence-corrected chi connectivity index (χ3v) is 6.05. The van der Waals surface area contributed by atoms with Crippen LogP contribution in [0, 0.1) is 5.92 Å². The lowest BCUT2D eigenvalue weighted by Crippen LogP contribution is -2.47. The minimum atomic E-state index is -1.12. The van der Waals surface area contributed by atoms with E-state index < -0.39 is 30.1 Å². The lowest BCUT2D eigenvalue weighted by Gasteiger charge is -2.20. The Morgan fingerprint density at radius 3 is 2.34 bits per heavy atom. The molecule has 168 valence electrons. The summed E-state index contributed by atoms with van der Waals surface area (Å²) < 4.78 is 11.0. The molecule has 8 heteroatoms. The standard InChI is InChI=1S/C24H26N2O6/c1-14(23(28)29)26-22(27)21-15(10-11-31-21)12-25-24(30)32-13-20-18-8-4-2-6-16(18)17-7-3-5-9-19(17)20/h2-9,14-15,20-21H,10-13H2,1H3,(H,25,30)(H,26,27)(H,28,29)/t14-,15?,21?/m1/s1. The van der Waals surface area contributed by atoms with E-state index in [4.69, 9.17) is 14.6 Å². The molecule has 32 heavy (non-hydrogen) atoms. The number of hydrogen-bond acceptors (Lipinski definition) is 5. The second kappa shape index (κ2) is 9.40. The molecule has 1 aliphatic carbocycles. The first-order chi connectivity index (χ1) is 15.5. The van der Waals surface area contributed by atoms with E-state index in [0.29, 0.717) is 13.0 Å². The summed E-state index contributed by atoms with van der Waals surface area (Å²) in [4.78, 5) is 35.6. The molecule has 1 aliphatic heterocycles. The summed E-state index contributed by atoms with van der Waals surface area (Å²) in [7, 11) is 0. The number of amides is 2. The van der Waals surface area contributed by atoms with Crippen molar-refractivity contribution in [2.75, 3.05) is 19.8 Å². The Morgan fingerprint density at radius 2 is 1.72 bits per heavy atom. The molecule has 8 nitrogen and oxygen atoms in total. The molecule has 3 N–H and O–H groups in total. The molecule has 0 saturated carbocycles. The van der Waals surface area contributed by atoms with E-state index >= 15 is 0 Å². The summed E-state index contributed by atoms with van der Waals surface area (Å²) in [5.74, 6) is -1.89. The second-order valence-electron chi connectivity index (χ2n) is 8.12. The Kier molecular flexibility index (Phi) is 6.41. The number of aliphatic carboxylic acids is 1. The lowest BCUT2D eigenvalue weighted by molar-refractivity contribution is -0.143. The molecule has 1 fully saturated rings. The fourth-order valence-electron chi connectivity index (χ4n) is 4.35. The summed E-state index contributed by atoms with van der Waals surface area (Å²) in [5, 5.41) is 14.1. The van der Waals surface area contributed by atoms with Crippen LogP contribution in [0.1, 0.15) is 30.4 Å². The number of benzene rings is 2. The Labute approximate surface area is 185 Å². The molecule has 2 aromatic rings. The number of carbonyl (C=O) groups is 3. The maximum Gasteiger partial charge on any atom is 0.407 e. The van der Waals surface area contributed by atoms with Crippen LogP contribution in [0.4, 0.5) is 4.79 Å². The van der Waals surface area contributed by atoms with Gasteiger partial charge in [0.15, 0.2) is 0 Å². The predicted octanol–water partition coefficient (Wildman–Crippen LogP) is 2.52. The van der Waals surface area contributed by atoms with Crippen LogP contribution in [0.3, 0.4) is 0 Å². The van der Waals surface area contributed by atoms with Crippen molar-refractivity contribution in [2.24, 2.45) is 5.92 Å². The van der Waals surface area contributed by atoms with Crippen molar-refractivity contribution in [3.63, 3.8) is 0 Å². The van der Waals surface area contributed by atoms with E-state index in [1.165, 1.54) is 6.92 Å². The van der Waals surface area contributed by atoms with Crippen LogP contribution in [0.2, 0.25) is 0 Å². The summed E-state index contributed by atoms with van der Waals surface area (Å²) in [6.07, 6.45) is -0.772. The van der Waals surface area contributed by atoms with E-state index in [-0.39, 0.29) is 25.0 Å². The first-order valence-corrected chi connectivity index (χ1v) is 10.7. The zero-order valence-corrected chi connectivity index (χ0v) is 17.7. The third kappa shape index (κ3) is 4.45. The number of carboxylic acids is 1. The molecule has 4 rings (SSSR count). The quantitative estimate of drug-likeness (QED) is 0.612. The number of hydrogen-bond donors (Lipinski definition) is 3. The fourth-order valence-corrected chi connectivity index (χ4v) is 4.35. The predicted molar refractivity (Wildman–Crippen MR) is 116 cm³/mol. The molecule has 2 unspecified atom stereocenters. The Morgan fingerprint density at radius 1 is 1.09 bits per heavy atom. The normalized spacial score (nSPS) is 20.2. The average molecular weight is 438 g/mol. The van der Waals surface area contributed by atoms with Gasteiger partial charge in [0.25, 0.3) is 0 Å². The minimum Gasteiger partial charge on any atom is -0.480 e. The molecule has 0 aromatic heterocycles. The molecule has 3 atom stereocenters. The number of alkyl carbamates (subject to hydrolysis) is 1. The van der Waals surface area contributed by atoms with Crippen LogP contribution in [0.15, 0.2) is 48.5 Å². The molecule has 0 bridgehead atoms. The van der Waals surface area contributed by atoms with Crippen molar-refractivity contribution in [1.82, 2.24) is 10.6 Å². The van der Waals surface area contributed by atoms with Crippen LogP contribution in [-0.2, 0) is 19.1 Å². The van der Waals surface area contributed by atoms with Gasteiger partial charge in [0.1, 0.15) is 18.8 Å². The number of nitrogens with one attached hydrogen (secondary N) is 2. The van der Waals surface area contributed by atoms with E-state index in [0.717, 1.165) is 22.3 Å². The molecule has 0 spiro atoms. The van der Waals surface area contributed by atoms with Gasteiger partial charge in [0.2, 0.25) is 5.91 Å². The SMILES string of the molecule is C[C@@H](NC(=O)C1OCCC1CNC(=O)OCC1c2ccccc2-c2ccccc21)C(=O)O. The van der Waals surface area contributed by atoms with Crippen molar-refractivity contribution >= 4 is 18.0 Å². The zero-order valence-electron chi connectivity index (χ0n) is 17.7. The number of ether oxygens (including phenoxy) is 2. The maximum atomic E-state index is 12.4. The number of rotatable bonds is 7. The van der Waals surface area contributed by atoms with Gasteiger partial charge in [0, 0.05) is 25.0 Å².